The Morgan fingerprint density at radius 1 is 1.69 bits per heavy atom. The molecule has 2 N–H and O–H groups in total. The molecule has 1 aromatic rings. The predicted octanol–water partition coefficient (Wildman–Crippen LogP) is 2.14. The molecular weight excluding hydrogens is 202 g/mol. The van der Waals surface area contributed by atoms with E-state index >= 15 is 0 Å². The number of hydrogen-bond acceptors (Lipinski definition) is 3. The van der Waals surface area contributed by atoms with E-state index < -0.39 is 0 Å². The third kappa shape index (κ3) is 2.85. The fourth-order valence-electron chi connectivity index (χ4n) is 1.91. The highest BCUT2D eigenvalue weighted by atomic mass is 16.5. The van der Waals surface area contributed by atoms with E-state index in [2.05, 4.69) is 28.3 Å². The Balaban J connectivity index is 1.81. The zero-order valence-electron chi connectivity index (χ0n) is 9.65. The second-order valence-corrected chi connectivity index (χ2v) is 4.05. The van der Waals surface area contributed by atoms with Crippen LogP contribution in [0.2, 0.25) is 0 Å². The summed E-state index contributed by atoms with van der Waals surface area (Å²) in [6.07, 6.45) is 11.1. The Hall–Kier alpha value is -1.29. The van der Waals surface area contributed by atoms with Crippen molar-refractivity contribution in [3.8, 4) is 0 Å². The summed E-state index contributed by atoms with van der Waals surface area (Å²) in [5.41, 5.74) is 0. The molecule has 2 unspecified atom stereocenters. The van der Waals surface area contributed by atoms with Gasteiger partial charge in [-0.1, -0.05) is 6.92 Å². The first-order chi connectivity index (χ1) is 7.90. The molecule has 0 spiro atoms. The van der Waals surface area contributed by atoms with Crippen LogP contribution in [0, 0.1) is 0 Å². The normalized spacial score (nSPS) is 21.7. The molecule has 0 aromatic carbocycles. The number of aromatic nitrogens is 2. The lowest BCUT2D eigenvalue weighted by molar-refractivity contribution is 0.118. The van der Waals surface area contributed by atoms with Crippen molar-refractivity contribution < 1.29 is 4.74 Å². The molecule has 0 bridgehead atoms. The van der Waals surface area contributed by atoms with Crippen LogP contribution >= 0.6 is 0 Å². The van der Waals surface area contributed by atoms with E-state index in [9.17, 15) is 0 Å². The lowest BCUT2D eigenvalue weighted by Gasteiger charge is -2.22. The molecule has 0 aliphatic carbocycles. The van der Waals surface area contributed by atoms with Gasteiger partial charge in [-0.25, -0.2) is 4.98 Å². The van der Waals surface area contributed by atoms with Gasteiger partial charge in [-0.3, -0.25) is 0 Å². The molecule has 2 heterocycles. The fourth-order valence-corrected chi connectivity index (χ4v) is 1.91. The average Bonchev–Trinajstić information content (AvgIpc) is 2.85. The molecule has 0 saturated carbocycles. The summed E-state index contributed by atoms with van der Waals surface area (Å²) in [5.74, 6) is 1.01. The predicted molar refractivity (Wildman–Crippen MR) is 62.9 cm³/mol. The van der Waals surface area contributed by atoms with Crippen LogP contribution in [-0.2, 0) is 4.74 Å². The molecule has 0 fully saturated rings. The van der Waals surface area contributed by atoms with Gasteiger partial charge in [0, 0.05) is 18.9 Å². The maximum absolute atomic E-state index is 5.52. The molecule has 16 heavy (non-hydrogen) atoms. The number of imidazole rings is 1. The van der Waals surface area contributed by atoms with E-state index in [1.165, 1.54) is 0 Å². The summed E-state index contributed by atoms with van der Waals surface area (Å²) >= 11 is 0. The zero-order valence-corrected chi connectivity index (χ0v) is 9.65. The smallest absolute Gasteiger partial charge is 0.123 e. The Kier molecular flexibility index (Phi) is 3.99. The number of ether oxygens (including phenoxy) is 1. The third-order valence-electron chi connectivity index (χ3n) is 2.87. The minimum absolute atomic E-state index is 0.296. The molecule has 4 nitrogen and oxygen atoms in total. The average molecular weight is 221 g/mol. The van der Waals surface area contributed by atoms with Gasteiger partial charge in [0.15, 0.2) is 0 Å². The van der Waals surface area contributed by atoms with Crippen molar-refractivity contribution in [2.75, 3.05) is 6.54 Å². The van der Waals surface area contributed by atoms with Crippen molar-refractivity contribution in [1.82, 2.24) is 15.3 Å². The van der Waals surface area contributed by atoms with E-state index in [1.807, 2.05) is 12.5 Å². The monoisotopic (exact) mass is 221 g/mol. The SMILES string of the molecule is CCC(NCC1CCC=CO1)c1ncc[nH]1. The van der Waals surface area contributed by atoms with Crippen LogP contribution < -0.4 is 5.32 Å². The first-order valence-corrected chi connectivity index (χ1v) is 5.93. The van der Waals surface area contributed by atoms with E-state index in [0.717, 1.165) is 31.6 Å². The second kappa shape index (κ2) is 5.70. The van der Waals surface area contributed by atoms with Crippen molar-refractivity contribution in [2.24, 2.45) is 0 Å². The summed E-state index contributed by atoms with van der Waals surface area (Å²) in [5, 5.41) is 3.49. The van der Waals surface area contributed by atoms with Crippen LogP contribution in [0.4, 0.5) is 0 Å². The molecule has 0 saturated heterocycles. The lowest BCUT2D eigenvalue weighted by atomic mass is 10.1. The molecule has 2 atom stereocenters. The van der Waals surface area contributed by atoms with Gasteiger partial charge in [0.25, 0.3) is 0 Å². The molecule has 1 aliphatic rings. The van der Waals surface area contributed by atoms with Crippen LogP contribution in [0.25, 0.3) is 0 Å². The maximum atomic E-state index is 5.52. The van der Waals surface area contributed by atoms with E-state index in [1.54, 1.807) is 6.20 Å². The molecule has 1 aliphatic heterocycles. The van der Waals surface area contributed by atoms with Crippen LogP contribution in [0.3, 0.4) is 0 Å². The van der Waals surface area contributed by atoms with Crippen molar-refractivity contribution in [3.63, 3.8) is 0 Å². The summed E-state index contributed by atoms with van der Waals surface area (Å²) in [6, 6.07) is 0.296. The summed E-state index contributed by atoms with van der Waals surface area (Å²) in [7, 11) is 0. The number of allylic oxidation sites excluding steroid dienone is 1. The van der Waals surface area contributed by atoms with Crippen molar-refractivity contribution in [2.45, 2.75) is 38.3 Å². The van der Waals surface area contributed by atoms with Gasteiger partial charge in [0.1, 0.15) is 11.9 Å². The van der Waals surface area contributed by atoms with Crippen LogP contribution in [0.15, 0.2) is 24.7 Å². The van der Waals surface area contributed by atoms with Crippen molar-refractivity contribution in [3.05, 3.63) is 30.6 Å². The number of aromatic amines is 1. The quantitative estimate of drug-likeness (QED) is 0.801. The van der Waals surface area contributed by atoms with Crippen LogP contribution in [0.1, 0.15) is 38.1 Å². The van der Waals surface area contributed by atoms with Gasteiger partial charge in [0.2, 0.25) is 0 Å². The van der Waals surface area contributed by atoms with Gasteiger partial charge < -0.3 is 15.0 Å². The summed E-state index contributed by atoms with van der Waals surface area (Å²) < 4.78 is 5.52. The molecule has 0 radical (unpaired) electrons. The first-order valence-electron chi connectivity index (χ1n) is 5.93. The maximum Gasteiger partial charge on any atom is 0.123 e. The number of nitrogens with zero attached hydrogens (tertiary/aromatic N) is 1. The standard InChI is InChI=1S/C12H19N3O/c1-2-11(12-13-6-7-14-12)15-9-10-5-3-4-8-16-10/h4,6-8,10-11,15H,2-3,5,9H2,1H3,(H,13,14). The van der Waals surface area contributed by atoms with Gasteiger partial charge in [0.05, 0.1) is 12.3 Å². The second-order valence-electron chi connectivity index (χ2n) is 4.05. The number of H-pyrrole nitrogens is 1. The molecule has 1 aromatic heterocycles. The highest BCUT2D eigenvalue weighted by Gasteiger charge is 2.15. The first kappa shape index (κ1) is 11.2. The third-order valence-corrected chi connectivity index (χ3v) is 2.87. The fraction of sp³-hybridized carbons (Fsp3) is 0.583. The Labute approximate surface area is 96.1 Å². The number of nitrogens with one attached hydrogen (secondary N) is 2. The Morgan fingerprint density at radius 2 is 2.62 bits per heavy atom. The number of rotatable bonds is 5. The molecule has 0 amide bonds. The minimum Gasteiger partial charge on any atom is -0.497 e. The van der Waals surface area contributed by atoms with E-state index in [4.69, 9.17) is 4.74 Å². The Bertz CT molecular complexity index is 321. The highest BCUT2D eigenvalue weighted by molar-refractivity contribution is 4.95. The zero-order chi connectivity index (χ0) is 11.2. The van der Waals surface area contributed by atoms with Gasteiger partial charge in [-0.05, 0) is 25.3 Å². The van der Waals surface area contributed by atoms with Gasteiger partial charge >= 0.3 is 0 Å². The van der Waals surface area contributed by atoms with Crippen molar-refractivity contribution >= 4 is 0 Å². The van der Waals surface area contributed by atoms with Crippen molar-refractivity contribution in [1.29, 1.82) is 0 Å². The van der Waals surface area contributed by atoms with Crippen LogP contribution in [-0.4, -0.2) is 22.6 Å². The topological polar surface area (TPSA) is 49.9 Å². The molecular formula is C12H19N3O. The molecule has 4 heteroatoms. The van der Waals surface area contributed by atoms with E-state index in [-0.39, 0.29) is 0 Å². The molecule has 88 valence electrons. The van der Waals surface area contributed by atoms with E-state index in [0.29, 0.717) is 12.1 Å². The largest absolute Gasteiger partial charge is 0.497 e. The summed E-state index contributed by atoms with van der Waals surface area (Å²) in [6.45, 7) is 3.03. The Morgan fingerprint density at radius 3 is 3.25 bits per heavy atom. The highest BCUT2D eigenvalue weighted by Crippen LogP contribution is 2.14. The summed E-state index contributed by atoms with van der Waals surface area (Å²) in [4.78, 5) is 7.43. The van der Waals surface area contributed by atoms with Crippen LogP contribution in [0.5, 0.6) is 0 Å². The minimum atomic E-state index is 0.296. The molecule has 2 rings (SSSR count). The number of hydrogen-bond donors (Lipinski definition) is 2. The van der Waals surface area contributed by atoms with Gasteiger partial charge in [-0.15, -0.1) is 0 Å². The van der Waals surface area contributed by atoms with Gasteiger partial charge in [-0.2, -0.15) is 0 Å². The lowest BCUT2D eigenvalue weighted by Crippen LogP contribution is -2.32.